The highest BCUT2D eigenvalue weighted by atomic mass is 16.6. The van der Waals surface area contributed by atoms with E-state index in [2.05, 4.69) is 10.6 Å². The zero-order chi connectivity index (χ0) is 14.5. The Hall–Kier alpha value is -2.11. The molecule has 3 rings (SSSR count). The van der Waals surface area contributed by atoms with Crippen molar-refractivity contribution in [2.24, 2.45) is 0 Å². The molecule has 0 spiro atoms. The van der Waals surface area contributed by atoms with Crippen molar-refractivity contribution >= 4 is 22.6 Å². The van der Waals surface area contributed by atoms with Crippen LogP contribution < -0.4 is 10.6 Å². The molecule has 2 aromatic carbocycles. The SMILES string of the molecule is O=C(Nc1cccc2ccccc12)OCC1CNCCO1. The molecule has 2 aromatic rings. The lowest BCUT2D eigenvalue weighted by molar-refractivity contribution is -0.00984. The number of nitrogens with one attached hydrogen (secondary N) is 2. The minimum atomic E-state index is -0.458. The van der Waals surface area contributed by atoms with Crippen LogP contribution in [0, 0.1) is 0 Å². The van der Waals surface area contributed by atoms with Crippen LogP contribution in [0.3, 0.4) is 0 Å². The molecule has 1 amide bonds. The van der Waals surface area contributed by atoms with Crippen LogP contribution in [0.5, 0.6) is 0 Å². The molecule has 1 atom stereocenters. The van der Waals surface area contributed by atoms with E-state index in [0.717, 1.165) is 23.0 Å². The third kappa shape index (κ3) is 3.51. The van der Waals surface area contributed by atoms with E-state index in [9.17, 15) is 4.79 Å². The molecule has 5 heteroatoms. The van der Waals surface area contributed by atoms with Crippen LogP contribution in [0.15, 0.2) is 42.5 Å². The van der Waals surface area contributed by atoms with Gasteiger partial charge in [-0.15, -0.1) is 0 Å². The molecule has 0 aromatic heterocycles. The monoisotopic (exact) mass is 286 g/mol. The number of hydrogen-bond acceptors (Lipinski definition) is 4. The molecule has 0 radical (unpaired) electrons. The quantitative estimate of drug-likeness (QED) is 0.909. The van der Waals surface area contributed by atoms with Crippen molar-refractivity contribution in [3.8, 4) is 0 Å². The lowest BCUT2D eigenvalue weighted by atomic mass is 10.1. The van der Waals surface area contributed by atoms with Crippen LogP contribution in [0.1, 0.15) is 0 Å². The number of anilines is 1. The van der Waals surface area contributed by atoms with Gasteiger partial charge >= 0.3 is 6.09 Å². The Morgan fingerprint density at radius 1 is 1.29 bits per heavy atom. The van der Waals surface area contributed by atoms with E-state index in [1.54, 1.807) is 0 Å². The molecule has 1 heterocycles. The number of ether oxygens (including phenoxy) is 2. The van der Waals surface area contributed by atoms with Crippen molar-refractivity contribution in [2.45, 2.75) is 6.10 Å². The fourth-order valence-corrected chi connectivity index (χ4v) is 2.38. The molecule has 5 nitrogen and oxygen atoms in total. The van der Waals surface area contributed by atoms with E-state index in [-0.39, 0.29) is 12.7 Å². The average molecular weight is 286 g/mol. The maximum Gasteiger partial charge on any atom is 0.411 e. The highest BCUT2D eigenvalue weighted by Crippen LogP contribution is 2.22. The Balaban J connectivity index is 1.61. The highest BCUT2D eigenvalue weighted by molar-refractivity contribution is 6.00. The summed E-state index contributed by atoms with van der Waals surface area (Å²) in [6, 6.07) is 13.7. The van der Waals surface area contributed by atoms with Gasteiger partial charge in [0.05, 0.1) is 12.3 Å². The largest absolute Gasteiger partial charge is 0.446 e. The molecule has 21 heavy (non-hydrogen) atoms. The second-order valence-corrected chi connectivity index (χ2v) is 4.95. The lowest BCUT2D eigenvalue weighted by Gasteiger charge is -2.23. The van der Waals surface area contributed by atoms with Crippen molar-refractivity contribution < 1.29 is 14.3 Å². The van der Waals surface area contributed by atoms with Crippen LogP contribution in [0.25, 0.3) is 10.8 Å². The zero-order valence-electron chi connectivity index (χ0n) is 11.7. The fraction of sp³-hybridized carbons (Fsp3) is 0.312. The molecule has 2 N–H and O–H groups in total. The molecule has 0 bridgehead atoms. The van der Waals surface area contributed by atoms with Crippen LogP contribution in [-0.2, 0) is 9.47 Å². The number of morpholine rings is 1. The normalized spacial score (nSPS) is 18.4. The van der Waals surface area contributed by atoms with Crippen LogP contribution >= 0.6 is 0 Å². The molecule has 110 valence electrons. The Morgan fingerprint density at radius 3 is 3.00 bits per heavy atom. The summed E-state index contributed by atoms with van der Waals surface area (Å²) in [5, 5.41) is 8.06. The van der Waals surface area contributed by atoms with E-state index in [0.29, 0.717) is 13.2 Å². The van der Waals surface area contributed by atoms with Crippen molar-refractivity contribution in [2.75, 3.05) is 31.6 Å². The summed E-state index contributed by atoms with van der Waals surface area (Å²) in [7, 11) is 0. The van der Waals surface area contributed by atoms with E-state index in [4.69, 9.17) is 9.47 Å². The number of carbonyl (C=O) groups excluding carboxylic acids is 1. The van der Waals surface area contributed by atoms with Gasteiger partial charge in [0.15, 0.2) is 0 Å². The first kappa shape index (κ1) is 13.9. The van der Waals surface area contributed by atoms with Crippen molar-refractivity contribution in [3.63, 3.8) is 0 Å². The van der Waals surface area contributed by atoms with Crippen LogP contribution in [0.2, 0.25) is 0 Å². The average Bonchev–Trinajstić information content (AvgIpc) is 2.54. The van der Waals surface area contributed by atoms with Crippen LogP contribution in [-0.4, -0.2) is 38.5 Å². The second kappa shape index (κ2) is 6.56. The smallest absolute Gasteiger partial charge is 0.411 e. The Morgan fingerprint density at radius 2 is 2.14 bits per heavy atom. The van der Waals surface area contributed by atoms with Gasteiger partial charge in [-0.2, -0.15) is 0 Å². The molecule has 1 aliphatic heterocycles. The Kier molecular flexibility index (Phi) is 4.33. The maximum absolute atomic E-state index is 11.9. The van der Waals surface area contributed by atoms with Gasteiger partial charge < -0.3 is 14.8 Å². The summed E-state index contributed by atoms with van der Waals surface area (Å²) < 4.78 is 10.7. The van der Waals surface area contributed by atoms with Gasteiger partial charge in [0.1, 0.15) is 12.7 Å². The third-order valence-corrected chi connectivity index (χ3v) is 3.43. The van der Waals surface area contributed by atoms with Gasteiger partial charge in [0.2, 0.25) is 0 Å². The summed E-state index contributed by atoms with van der Waals surface area (Å²) in [5.41, 5.74) is 0.751. The third-order valence-electron chi connectivity index (χ3n) is 3.43. The minimum absolute atomic E-state index is 0.0722. The van der Waals surface area contributed by atoms with Crippen LogP contribution in [0.4, 0.5) is 10.5 Å². The van der Waals surface area contributed by atoms with E-state index in [1.807, 2.05) is 42.5 Å². The highest BCUT2D eigenvalue weighted by Gasteiger charge is 2.15. The molecular weight excluding hydrogens is 268 g/mol. The number of fused-ring (bicyclic) bond motifs is 1. The van der Waals surface area contributed by atoms with E-state index >= 15 is 0 Å². The summed E-state index contributed by atoms with van der Waals surface area (Å²) >= 11 is 0. The molecule has 1 aliphatic rings. The zero-order valence-corrected chi connectivity index (χ0v) is 11.7. The summed E-state index contributed by atoms with van der Waals surface area (Å²) in [4.78, 5) is 11.9. The van der Waals surface area contributed by atoms with E-state index in [1.165, 1.54) is 0 Å². The lowest BCUT2D eigenvalue weighted by Crippen LogP contribution is -2.41. The number of rotatable bonds is 3. The first-order valence-corrected chi connectivity index (χ1v) is 7.07. The topological polar surface area (TPSA) is 59.6 Å². The van der Waals surface area contributed by atoms with Crippen molar-refractivity contribution in [3.05, 3.63) is 42.5 Å². The van der Waals surface area contributed by atoms with E-state index < -0.39 is 6.09 Å². The van der Waals surface area contributed by atoms with Gasteiger partial charge in [-0.05, 0) is 11.5 Å². The summed E-state index contributed by atoms with van der Waals surface area (Å²) in [5.74, 6) is 0. The first-order chi connectivity index (χ1) is 10.3. The second-order valence-electron chi connectivity index (χ2n) is 4.95. The van der Waals surface area contributed by atoms with Crippen molar-refractivity contribution in [1.82, 2.24) is 5.32 Å². The predicted molar refractivity (Wildman–Crippen MR) is 81.5 cm³/mol. The fourth-order valence-electron chi connectivity index (χ4n) is 2.38. The molecule has 0 aliphatic carbocycles. The summed E-state index contributed by atoms with van der Waals surface area (Å²) in [6.45, 7) is 2.46. The number of hydrogen-bond donors (Lipinski definition) is 2. The molecule has 1 fully saturated rings. The number of benzene rings is 2. The molecule has 1 unspecified atom stereocenters. The first-order valence-electron chi connectivity index (χ1n) is 7.07. The van der Waals surface area contributed by atoms with Gasteiger partial charge in [-0.3, -0.25) is 5.32 Å². The van der Waals surface area contributed by atoms with Gasteiger partial charge in [-0.25, -0.2) is 4.79 Å². The standard InChI is InChI=1S/C16H18N2O3/c19-16(21-11-13-10-17-8-9-20-13)18-15-7-3-5-12-4-1-2-6-14(12)15/h1-7,13,17H,8-11H2,(H,18,19). The summed E-state index contributed by atoms with van der Waals surface area (Å²) in [6.07, 6.45) is -0.530. The van der Waals surface area contributed by atoms with Gasteiger partial charge in [0, 0.05) is 18.5 Å². The molecule has 1 saturated heterocycles. The number of carbonyl (C=O) groups is 1. The molecular formula is C16H18N2O3. The maximum atomic E-state index is 11.9. The van der Waals surface area contributed by atoms with Crippen molar-refractivity contribution in [1.29, 1.82) is 0 Å². The van der Waals surface area contributed by atoms with Gasteiger partial charge in [-0.1, -0.05) is 36.4 Å². The Labute approximate surface area is 123 Å². The molecule has 0 saturated carbocycles. The number of amides is 1. The van der Waals surface area contributed by atoms with Gasteiger partial charge in [0.25, 0.3) is 0 Å². The minimum Gasteiger partial charge on any atom is -0.446 e. The Bertz CT molecular complexity index is 618. The predicted octanol–water partition coefficient (Wildman–Crippen LogP) is 2.38.